The molecule has 0 bridgehead atoms. The highest BCUT2D eigenvalue weighted by atomic mass is 35.5. The number of carbonyl (C=O) groups excluding carboxylic acids is 1. The predicted molar refractivity (Wildman–Crippen MR) is 83.8 cm³/mol. The Bertz CT molecular complexity index is 664. The molecule has 3 nitrogen and oxygen atoms in total. The van der Waals surface area contributed by atoms with Crippen LogP contribution in [0.3, 0.4) is 0 Å². The van der Waals surface area contributed by atoms with Crippen molar-refractivity contribution in [3.63, 3.8) is 0 Å². The minimum absolute atomic E-state index is 0.157. The molecule has 0 saturated heterocycles. The number of carbonyl (C=O) groups is 1. The van der Waals surface area contributed by atoms with Crippen LogP contribution in [0.2, 0.25) is 18.7 Å². The lowest BCUT2D eigenvalue weighted by atomic mass is 10.2. The van der Waals surface area contributed by atoms with Gasteiger partial charge in [-0.05, 0) is 18.2 Å². The summed E-state index contributed by atoms with van der Waals surface area (Å²) in [7, 11) is 0. The third-order valence-corrected chi connectivity index (χ3v) is 4.34. The summed E-state index contributed by atoms with van der Waals surface area (Å²) in [5.74, 6) is -0.711. The molecule has 0 amide bonds. The van der Waals surface area contributed by atoms with E-state index in [0.29, 0.717) is 19.9 Å². The van der Waals surface area contributed by atoms with E-state index < -0.39 is 5.97 Å². The van der Waals surface area contributed by atoms with Crippen LogP contribution in [0, 0.1) is 0 Å². The van der Waals surface area contributed by atoms with Gasteiger partial charge in [-0.25, -0.2) is 4.79 Å². The summed E-state index contributed by atoms with van der Waals surface area (Å²) in [4.78, 5) is 16.4. The number of thiophene rings is 1. The molecule has 0 spiro atoms. The number of halogens is 4. The fourth-order valence-electron chi connectivity index (χ4n) is 1.29. The molecule has 0 N–H and O–H groups in total. The highest BCUT2D eigenvalue weighted by molar-refractivity contribution is 7.20. The Hall–Kier alpha value is -0.780. The van der Waals surface area contributed by atoms with Crippen molar-refractivity contribution in [3.8, 4) is 0 Å². The van der Waals surface area contributed by atoms with Gasteiger partial charge in [0.25, 0.3) is 0 Å². The molecule has 0 unspecified atom stereocenters. The van der Waals surface area contributed by atoms with Gasteiger partial charge in [-0.3, -0.25) is 0 Å². The molecule has 0 fully saturated rings. The van der Waals surface area contributed by atoms with Gasteiger partial charge >= 0.3 is 5.97 Å². The van der Waals surface area contributed by atoms with Crippen LogP contribution in [0.1, 0.15) is 15.9 Å². The van der Waals surface area contributed by atoms with Gasteiger partial charge in [-0.15, -0.1) is 11.3 Å². The SMILES string of the molecule is O=C(O/N=C\c1c(Cl)cccc1Cl)c1cc(Cl)sc1Cl. The first-order valence-corrected chi connectivity index (χ1v) is 7.45. The van der Waals surface area contributed by atoms with E-state index in [4.69, 9.17) is 51.2 Å². The van der Waals surface area contributed by atoms with Crippen LogP contribution in [0.15, 0.2) is 29.4 Å². The molecule has 20 heavy (non-hydrogen) atoms. The lowest BCUT2D eigenvalue weighted by Gasteiger charge is -2.00. The summed E-state index contributed by atoms with van der Waals surface area (Å²) in [6.07, 6.45) is 1.25. The third kappa shape index (κ3) is 3.65. The van der Waals surface area contributed by atoms with E-state index >= 15 is 0 Å². The number of oxime groups is 1. The van der Waals surface area contributed by atoms with E-state index in [-0.39, 0.29) is 9.90 Å². The summed E-state index contributed by atoms with van der Waals surface area (Å²) in [6.45, 7) is 0. The van der Waals surface area contributed by atoms with E-state index in [1.165, 1.54) is 12.3 Å². The molecule has 2 aromatic rings. The zero-order chi connectivity index (χ0) is 14.7. The normalized spacial score (nSPS) is 11.0. The van der Waals surface area contributed by atoms with Crippen LogP contribution < -0.4 is 0 Å². The van der Waals surface area contributed by atoms with Crippen molar-refractivity contribution in [2.24, 2.45) is 5.16 Å². The number of hydrogen-bond donors (Lipinski definition) is 0. The quantitative estimate of drug-likeness (QED) is 0.404. The van der Waals surface area contributed by atoms with Crippen molar-refractivity contribution in [2.45, 2.75) is 0 Å². The molecule has 1 aromatic heterocycles. The van der Waals surface area contributed by atoms with Crippen molar-refractivity contribution in [1.82, 2.24) is 0 Å². The molecule has 2 rings (SSSR count). The second kappa shape index (κ2) is 6.78. The minimum Gasteiger partial charge on any atom is -0.313 e. The summed E-state index contributed by atoms with van der Waals surface area (Å²) in [5.41, 5.74) is 0.613. The molecule has 0 aliphatic rings. The van der Waals surface area contributed by atoms with Crippen molar-refractivity contribution in [2.75, 3.05) is 0 Å². The zero-order valence-electron chi connectivity index (χ0n) is 9.57. The lowest BCUT2D eigenvalue weighted by molar-refractivity contribution is 0.0520. The summed E-state index contributed by atoms with van der Waals surface area (Å²) in [5, 5.41) is 4.34. The maximum absolute atomic E-state index is 11.7. The zero-order valence-corrected chi connectivity index (χ0v) is 13.4. The number of benzene rings is 1. The first-order chi connectivity index (χ1) is 9.49. The lowest BCUT2D eigenvalue weighted by Crippen LogP contribution is -2.00. The Balaban J connectivity index is 2.11. The molecule has 8 heteroatoms. The molecule has 0 aliphatic heterocycles. The van der Waals surface area contributed by atoms with Crippen molar-refractivity contribution >= 4 is 69.9 Å². The average Bonchev–Trinajstić information content (AvgIpc) is 2.72. The summed E-state index contributed by atoms with van der Waals surface area (Å²) in [6, 6.07) is 6.40. The second-order valence-corrected chi connectivity index (χ2v) is 6.59. The van der Waals surface area contributed by atoms with Crippen LogP contribution in [0.5, 0.6) is 0 Å². The molecule has 0 saturated carbocycles. The first kappa shape index (κ1) is 15.6. The van der Waals surface area contributed by atoms with Crippen LogP contribution >= 0.6 is 57.7 Å². The van der Waals surface area contributed by atoms with Crippen LogP contribution in [-0.2, 0) is 4.84 Å². The van der Waals surface area contributed by atoms with Gasteiger partial charge in [-0.2, -0.15) is 0 Å². The van der Waals surface area contributed by atoms with Crippen LogP contribution in [-0.4, -0.2) is 12.2 Å². The molecule has 0 aliphatic carbocycles. The number of rotatable bonds is 3. The molecular formula is C12H5Cl4NO2S. The van der Waals surface area contributed by atoms with Crippen LogP contribution in [0.25, 0.3) is 0 Å². The Labute approximate surface area is 138 Å². The first-order valence-electron chi connectivity index (χ1n) is 5.12. The molecule has 1 heterocycles. The van der Waals surface area contributed by atoms with Gasteiger partial charge in [0.05, 0.1) is 26.2 Å². The largest absolute Gasteiger partial charge is 0.368 e. The predicted octanol–water partition coefficient (Wildman–Crippen LogP) is 5.55. The fourth-order valence-corrected chi connectivity index (χ4v) is 3.22. The van der Waals surface area contributed by atoms with Gasteiger partial charge < -0.3 is 4.84 Å². The molecule has 104 valence electrons. The Morgan fingerprint density at radius 3 is 2.40 bits per heavy atom. The Morgan fingerprint density at radius 2 is 1.85 bits per heavy atom. The van der Waals surface area contributed by atoms with E-state index in [2.05, 4.69) is 5.16 Å². The second-order valence-electron chi connectivity index (χ2n) is 3.49. The Kier molecular flexibility index (Phi) is 5.29. The molecule has 1 aromatic carbocycles. The molecule has 0 atom stereocenters. The van der Waals surface area contributed by atoms with E-state index in [1.54, 1.807) is 18.2 Å². The summed E-state index contributed by atoms with van der Waals surface area (Å²) < 4.78 is 0.631. The summed E-state index contributed by atoms with van der Waals surface area (Å²) >= 11 is 24.5. The molecular weight excluding hydrogens is 364 g/mol. The van der Waals surface area contributed by atoms with E-state index in [9.17, 15) is 4.79 Å². The topological polar surface area (TPSA) is 38.7 Å². The Morgan fingerprint density at radius 1 is 1.20 bits per heavy atom. The van der Waals surface area contributed by atoms with Gasteiger partial charge in [0, 0.05) is 5.56 Å². The minimum atomic E-state index is -0.711. The van der Waals surface area contributed by atoms with Gasteiger partial charge in [0.15, 0.2) is 0 Å². The average molecular weight is 369 g/mol. The third-order valence-electron chi connectivity index (χ3n) is 2.19. The fraction of sp³-hybridized carbons (Fsp3) is 0. The van der Waals surface area contributed by atoms with E-state index in [1.807, 2.05) is 0 Å². The monoisotopic (exact) mass is 367 g/mol. The van der Waals surface area contributed by atoms with Crippen molar-refractivity contribution < 1.29 is 9.63 Å². The van der Waals surface area contributed by atoms with Gasteiger partial charge in [-0.1, -0.05) is 57.6 Å². The maximum Gasteiger partial charge on any atom is 0.368 e. The number of nitrogens with zero attached hydrogens (tertiary/aromatic N) is 1. The maximum atomic E-state index is 11.7. The highest BCUT2D eigenvalue weighted by Crippen LogP contribution is 2.31. The van der Waals surface area contributed by atoms with Crippen molar-refractivity contribution in [3.05, 3.63) is 54.1 Å². The van der Waals surface area contributed by atoms with E-state index in [0.717, 1.165) is 11.3 Å². The standard InChI is InChI=1S/C12H5Cl4NO2S/c13-8-2-1-3-9(14)7(8)5-17-19-12(18)6-4-10(15)20-11(6)16/h1-5H/b17-5-. The smallest absolute Gasteiger partial charge is 0.313 e. The highest BCUT2D eigenvalue weighted by Gasteiger charge is 2.15. The number of hydrogen-bond acceptors (Lipinski definition) is 4. The molecule has 0 radical (unpaired) electrons. The van der Waals surface area contributed by atoms with Gasteiger partial charge in [0.1, 0.15) is 4.34 Å². The van der Waals surface area contributed by atoms with Crippen LogP contribution in [0.4, 0.5) is 0 Å². The van der Waals surface area contributed by atoms with Crippen molar-refractivity contribution in [1.29, 1.82) is 0 Å². The van der Waals surface area contributed by atoms with Gasteiger partial charge in [0.2, 0.25) is 0 Å².